The summed E-state index contributed by atoms with van der Waals surface area (Å²) in [5.41, 5.74) is 2.91. The van der Waals surface area contributed by atoms with Crippen LogP contribution in [0.15, 0.2) is 54.6 Å². The van der Waals surface area contributed by atoms with Crippen molar-refractivity contribution in [3.05, 3.63) is 65.7 Å². The maximum Gasteiger partial charge on any atom is 1.00 e. The first-order valence-electron chi connectivity index (χ1n) is 7.79. The molecule has 0 radical (unpaired) electrons. The number of carbonyl (C=O) groups excluding carboxylic acids is 1. The summed E-state index contributed by atoms with van der Waals surface area (Å²) in [7, 11) is 1.54. The van der Waals surface area contributed by atoms with Gasteiger partial charge in [0, 0.05) is 7.05 Å². The summed E-state index contributed by atoms with van der Waals surface area (Å²) in [6, 6.07) is 13.5. The van der Waals surface area contributed by atoms with E-state index in [0.717, 1.165) is 17.7 Å². The second-order valence-electron chi connectivity index (χ2n) is 5.63. The van der Waals surface area contributed by atoms with E-state index in [-0.39, 0.29) is 37.7 Å². The average Bonchev–Trinajstić information content (AvgIpc) is 2.58. The number of hydrazine groups is 1. The molecule has 9 heteroatoms. The molecule has 0 aromatic heterocycles. The smallest absolute Gasteiger partial charge is 0.549 e. The van der Waals surface area contributed by atoms with Gasteiger partial charge >= 0.3 is 25.0 Å². The van der Waals surface area contributed by atoms with Crippen LogP contribution < -0.4 is 34.1 Å². The summed E-state index contributed by atoms with van der Waals surface area (Å²) in [5, 5.41) is 11.9. The third-order valence-corrected chi connectivity index (χ3v) is 3.54. The largest absolute Gasteiger partial charge is 1.00 e. The van der Waals surface area contributed by atoms with Crippen LogP contribution >= 0.6 is 0 Å². The molecule has 140 valence electrons. The average molecular weight is 374 g/mol. The molecule has 0 saturated carbocycles. The number of ether oxygens (including phenoxy) is 1. The van der Waals surface area contributed by atoms with Crippen LogP contribution in [0.4, 0.5) is 13.2 Å². The van der Waals surface area contributed by atoms with Gasteiger partial charge in [-0.1, -0.05) is 30.3 Å². The number of carboxylic acids is 1. The minimum atomic E-state index is -4.41. The Morgan fingerprint density at radius 2 is 1.74 bits per heavy atom. The van der Waals surface area contributed by atoms with Gasteiger partial charge in [-0.05, 0) is 29.8 Å². The van der Waals surface area contributed by atoms with Gasteiger partial charge in [0.1, 0.15) is 11.9 Å². The molecule has 1 N–H and O–H groups in total. The van der Waals surface area contributed by atoms with Gasteiger partial charge in [-0.2, -0.15) is 13.2 Å². The Morgan fingerprint density at radius 1 is 1.15 bits per heavy atom. The number of carbonyl (C=O) groups is 1. The van der Waals surface area contributed by atoms with Crippen LogP contribution in [0.3, 0.4) is 0 Å². The predicted molar refractivity (Wildman–Crippen MR) is 86.9 cm³/mol. The molecule has 2 aromatic carbocycles. The van der Waals surface area contributed by atoms with E-state index in [4.69, 9.17) is 4.74 Å². The van der Waals surface area contributed by atoms with Crippen molar-refractivity contribution in [3.63, 3.8) is 0 Å². The first kappa shape index (κ1) is 23.1. The summed E-state index contributed by atoms with van der Waals surface area (Å²) in [5.74, 6) is -0.962. The van der Waals surface area contributed by atoms with Crippen LogP contribution in [0.25, 0.3) is 0 Å². The van der Waals surface area contributed by atoms with E-state index in [1.165, 1.54) is 24.2 Å². The molecule has 0 spiro atoms. The molecular weight excluding hydrogens is 356 g/mol. The van der Waals surface area contributed by atoms with E-state index in [1.807, 2.05) is 30.3 Å². The molecule has 0 aliphatic heterocycles. The minimum absolute atomic E-state index is 0. The molecule has 0 aliphatic rings. The van der Waals surface area contributed by atoms with Crippen LogP contribution in [0.2, 0.25) is 0 Å². The van der Waals surface area contributed by atoms with Gasteiger partial charge in [-0.3, -0.25) is 5.43 Å². The van der Waals surface area contributed by atoms with E-state index in [1.54, 1.807) is 0 Å². The van der Waals surface area contributed by atoms with Crippen molar-refractivity contribution in [2.75, 3.05) is 20.1 Å². The number of nitrogens with zero attached hydrogens (tertiary/aromatic N) is 1. The number of aliphatic carboxylic acids is 1. The van der Waals surface area contributed by atoms with E-state index in [0.29, 0.717) is 0 Å². The molecule has 2 aromatic rings. The van der Waals surface area contributed by atoms with Gasteiger partial charge in [0.2, 0.25) is 0 Å². The second-order valence-corrected chi connectivity index (χ2v) is 5.63. The van der Waals surface area contributed by atoms with Gasteiger partial charge < -0.3 is 14.6 Å². The third-order valence-electron chi connectivity index (χ3n) is 3.54. The zero-order valence-electron chi connectivity index (χ0n) is 15.0. The molecular formula is C18H18F3LiN2O3. The summed E-state index contributed by atoms with van der Waals surface area (Å²) in [6.45, 7) is -0.101. The Bertz CT molecular complexity index is 712. The number of halogens is 3. The summed E-state index contributed by atoms with van der Waals surface area (Å²) in [6.07, 6.45) is -4.94. The van der Waals surface area contributed by atoms with Gasteiger partial charge in [0.15, 0.2) is 0 Å². The summed E-state index contributed by atoms with van der Waals surface area (Å²) in [4.78, 5) is 10.6. The molecule has 0 unspecified atom stereocenters. The summed E-state index contributed by atoms with van der Waals surface area (Å²) < 4.78 is 43.8. The van der Waals surface area contributed by atoms with E-state index >= 15 is 0 Å². The van der Waals surface area contributed by atoms with E-state index in [9.17, 15) is 23.1 Å². The van der Waals surface area contributed by atoms with Gasteiger partial charge in [-0.25, -0.2) is 5.01 Å². The SMILES string of the molecule is CN(CC(=O)[O-])NC[C@@H](Oc1ccc(C(F)(F)F)cc1)c1ccccc1.[Li+]. The Hall–Kier alpha value is -1.98. The molecule has 0 aliphatic carbocycles. The Balaban J connectivity index is 0.00000364. The third kappa shape index (κ3) is 7.65. The van der Waals surface area contributed by atoms with Crippen molar-refractivity contribution in [1.29, 1.82) is 0 Å². The minimum Gasteiger partial charge on any atom is -0.549 e. The molecule has 27 heavy (non-hydrogen) atoms. The second kappa shape index (κ2) is 10.4. The van der Waals surface area contributed by atoms with Crippen molar-refractivity contribution in [3.8, 4) is 5.75 Å². The van der Waals surface area contributed by atoms with Crippen LogP contribution in [0, 0.1) is 0 Å². The van der Waals surface area contributed by atoms with Crippen molar-refractivity contribution in [2.24, 2.45) is 0 Å². The van der Waals surface area contributed by atoms with Crippen molar-refractivity contribution >= 4 is 5.97 Å². The molecule has 1 atom stereocenters. The first-order chi connectivity index (χ1) is 12.3. The van der Waals surface area contributed by atoms with Gasteiger partial charge in [0.05, 0.1) is 24.6 Å². The Labute approximate surface area is 167 Å². The topological polar surface area (TPSA) is 64.6 Å². The number of carboxylic acid groups (broad SMARTS) is 1. The van der Waals surface area contributed by atoms with Gasteiger partial charge in [-0.15, -0.1) is 0 Å². The van der Waals surface area contributed by atoms with Crippen molar-refractivity contribution in [2.45, 2.75) is 12.3 Å². The summed E-state index contributed by atoms with van der Waals surface area (Å²) >= 11 is 0. The molecule has 0 amide bonds. The molecule has 5 nitrogen and oxygen atoms in total. The van der Waals surface area contributed by atoms with E-state index in [2.05, 4.69) is 5.43 Å². The number of alkyl halides is 3. The first-order valence-corrected chi connectivity index (χ1v) is 7.79. The molecule has 0 saturated heterocycles. The number of nitrogens with one attached hydrogen (secondary N) is 1. The van der Waals surface area contributed by atoms with Crippen molar-refractivity contribution in [1.82, 2.24) is 10.4 Å². The van der Waals surface area contributed by atoms with Crippen molar-refractivity contribution < 1.29 is 46.7 Å². The molecule has 0 heterocycles. The number of rotatable bonds is 8. The number of likely N-dealkylation sites (N-methyl/N-ethyl adjacent to an activating group) is 1. The molecule has 0 bridgehead atoms. The monoisotopic (exact) mass is 374 g/mol. The number of hydrogen-bond donors (Lipinski definition) is 1. The van der Waals surface area contributed by atoms with E-state index < -0.39 is 23.8 Å². The predicted octanol–water partition coefficient (Wildman–Crippen LogP) is -0.984. The van der Waals surface area contributed by atoms with Gasteiger partial charge in [0.25, 0.3) is 0 Å². The number of hydrogen-bond acceptors (Lipinski definition) is 5. The van der Waals surface area contributed by atoms with Crippen LogP contribution in [-0.2, 0) is 11.0 Å². The fourth-order valence-corrected chi connectivity index (χ4v) is 2.27. The van der Waals surface area contributed by atoms with Crippen LogP contribution in [0.5, 0.6) is 5.75 Å². The normalized spacial score (nSPS) is 12.3. The fraction of sp³-hybridized carbons (Fsp3) is 0.278. The maximum atomic E-state index is 12.7. The van der Waals surface area contributed by atoms with Crippen LogP contribution in [0.1, 0.15) is 17.2 Å². The Morgan fingerprint density at radius 3 is 2.26 bits per heavy atom. The zero-order chi connectivity index (χ0) is 19.2. The Kier molecular flexibility index (Phi) is 8.86. The quantitative estimate of drug-likeness (QED) is 0.475. The van der Waals surface area contributed by atoms with Crippen LogP contribution in [-0.4, -0.2) is 31.1 Å². The number of benzene rings is 2. The molecule has 2 rings (SSSR count). The maximum absolute atomic E-state index is 12.7. The fourth-order valence-electron chi connectivity index (χ4n) is 2.27. The zero-order valence-corrected chi connectivity index (χ0v) is 15.0. The molecule has 0 fully saturated rings. The standard InChI is InChI=1S/C18H19F3N2O3.Li/c1-23(12-17(24)25)22-11-16(13-5-3-2-4-6-13)26-15-9-7-14(8-10-15)18(19,20)21;/h2-10,16,22H,11-12H2,1H3,(H,24,25);/q;+1/p-1/t16-;/m1./s1.